The second-order valence-corrected chi connectivity index (χ2v) is 5.61. The van der Waals surface area contributed by atoms with Crippen LogP contribution in [0.3, 0.4) is 0 Å². The van der Waals surface area contributed by atoms with E-state index in [2.05, 4.69) is 10.6 Å². The van der Waals surface area contributed by atoms with Gasteiger partial charge < -0.3 is 29.6 Å². The molecule has 2 aromatic rings. The van der Waals surface area contributed by atoms with E-state index in [4.69, 9.17) is 31.2 Å². The maximum Gasteiger partial charge on any atom is 0.203 e. The minimum absolute atomic E-state index is 0.415. The van der Waals surface area contributed by atoms with Crippen LogP contribution in [0.1, 0.15) is 5.56 Å². The molecule has 2 N–H and O–H groups in total. The van der Waals surface area contributed by atoms with Gasteiger partial charge in [0.2, 0.25) is 5.75 Å². The summed E-state index contributed by atoms with van der Waals surface area (Å²) in [5, 5.41) is 6.66. The van der Waals surface area contributed by atoms with E-state index in [9.17, 15) is 0 Å². The Morgan fingerprint density at radius 3 is 1.92 bits per heavy atom. The van der Waals surface area contributed by atoms with E-state index >= 15 is 0 Å². The van der Waals surface area contributed by atoms with Gasteiger partial charge in [-0.15, -0.1) is 0 Å². The first-order valence-electron chi connectivity index (χ1n) is 7.55. The number of hydrogen-bond acceptors (Lipinski definition) is 5. The zero-order valence-corrected chi connectivity index (χ0v) is 15.7. The third-order valence-corrected chi connectivity index (χ3v) is 3.73. The fourth-order valence-corrected chi connectivity index (χ4v) is 2.59. The van der Waals surface area contributed by atoms with Gasteiger partial charge in [-0.2, -0.15) is 0 Å². The molecule has 6 nitrogen and oxygen atoms in total. The lowest BCUT2D eigenvalue weighted by Gasteiger charge is -2.17. The molecule has 0 aliphatic rings. The van der Waals surface area contributed by atoms with E-state index in [0.29, 0.717) is 33.8 Å². The van der Waals surface area contributed by atoms with Gasteiger partial charge in [0.05, 0.1) is 34.1 Å². The normalized spacial score (nSPS) is 9.96. The Labute approximate surface area is 153 Å². The van der Waals surface area contributed by atoms with Crippen molar-refractivity contribution in [3.8, 4) is 23.0 Å². The van der Waals surface area contributed by atoms with E-state index in [0.717, 1.165) is 11.3 Å². The molecule has 0 radical (unpaired) electrons. The molecule has 0 saturated carbocycles. The first kappa shape index (κ1) is 18.7. The number of methoxy groups -OCH3 is 4. The number of thiocarbonyl (C=S) groups is 1. The summed E-state index contributed by atoms with van der Waals surface area (Å²) in [4.78, 5) is 0. The molecule has 0 amide bonds. The second kappa shape index (κ2) is 8.43. The molecule has 0 bridgehead atoms. The molecule has 0 aromatic heterocycles. The summed E-state index contributed by atoms with van der Waals surface area (Å²) in [7, 11) is 6.31. The molecular weight excluding hydrogens is 340 g/mol. The lowest BCUT2D eigenvalue weighted by molar-refractivity contribution is 0.324. The van der Waals surface area contributed by atoms with E-state index in [1.165, 1.54) is 0 Å². The van der Waals surface area contributed by atoms with Crippen LogP contribution in [-0.2, 0) is 0 Å². The fourth-order valence-electron chi connectivity index (χ4n) is 2.36. The third-order valence-electron chi connectivity index (χ3n) is 3.53. The standard InChI is InChI=1S/C18H22N2O4S/c1-11-6-7-14(21-2)13(8-11)20-18(25)19-12-9-15(22-3)17(24-5)16(10-12)23-4/h6-10H,1-5H3,(H2,19,20,25). The molecule has 0 spiro atoms. The Hall–Kier alpha value is -2.67. The van der Waals surface area contributed by atoms with E-state index < -0.39 is 0 Å². The summed E-state index contributed by atoms with van der Waals surface area (Å²) in [5.41, 5.74) is 2.59. The van der Waals surface area contributed by atoms with Crippen LogP contribution in [0.15, 0.2) is 30.3 Å². The summed E-state index contributed by atoms with van der Waals surface area (Å²) >= 11 is 5.40. The molecular formula is C18H22N2O4S. The van der Waals surface area contributed by atoms with Gasteiger partial charge in [-0.1, -0.05) is 6.07 Å². The number of anilines is 2. The van der Waals surface area contributed by atoms with Gasteiger partial charge in [0.1, 0.15) is 5.75 Å². The van der Waals surface area contributed by atoms with Gasteiger partial charge in [-0.3, -0.25) is 0 Å². The highest BCUT2D eigenvalue weighted by atomic mass is 32.1. The number of hydrogen-bond donors (Lipinski definition) is 2. The summed E-state index contributed by atoms with van der Waals surface area (Å²) < 4.78 is 21.3. The van der Waals surface area contributed by atoms with Gasteiger partial charge in [0.25, 0.3) is 0 Å². The van der Waals surface area contributed by atoms with Gasteiger partial charge >= 0.3 is 0 Å². The molecule has 0 saturated heterocycles. The average Bonchev–Trinajstić information content (AvgIpc) is 2.60. The van der Waals surface area contributed by atoms with Crippen molar-refractivity contribution in [3.05, 3.63) is 35.9 Å². The molecule has 7 heteroatoms. The first-order chi connectivity index (χ1) is 12.0. The van der Waals surface area contributed by atoms with Crippen molar-refractivity contribution in [3.63, 3.8) is 0 Å². The average molecular weight is 362 g/mol. The van der Waals surface area contributed by atoms with Crippen molar-refractivity contribution in [2.75, 3.05) is 39.1 Å². The number of benzene rings is 2. The maximum absolute atomic E-state index is 5.40. The minimum atomic E-state index is 0.415. The molecule has 0 aliphatic heterocycles. The second-order valence-electron chi connectivity index (χ2n) is 5.20. The SMILES string of the molecule is COc1ccc(C)cc1NC(=S)Nc1cc(OC)c(OC)c(OC)c1. The van der Waals surface area contributed by atoms with Crippen molar-refractivity contribution >= 4 is 28.7 Å². The van der Waals surface area contributed by atoms with Crippen molar-refractivity contribution < 1.29 is 18.9 Å². The molecule has 0 atom stereocenters. The molecule has 2 rings (SSSR count). The molecule has 0 heterocycles. The van der Waals surface area contributed by atoms with Gasteiger partial charge in [-0.25, -0.2) is 0 Å². The lowest BCUT2D eigenvalue weighted by Crippen LogP contribution is -2.19. The largest absolute Gasteiger partial charge is 0.495 e. The van der Waals surface area contributed by atoms with Crippen LogP contribution in [0.5, 0.6) is 23.0 Å². The predicted octanol–water partition coefficient (Wildman–Crippen LogP) is 3.84. The van der Waals surface area contributed by atoms with Crippen molar-refractivity contribution in [1.82, 2.24) is 0 Å². The van der Waals surface area contributed by atoms with E-state index in [1.807, 2.05) is 25.1 Å². The molecule has 25 heavy (non-hydrogen) atoms. The number of aryl methyl sites for hydroxylation is 1. The topological polar surface area (TPSA) is 61.0 Å². The summed E-state index contributed by atoms with van der Waals surface area (Å²) in [6.45, 7) is 2.00. The molecule has 0 aliphatic carbocycles. The lowest BCUT2D eigenvalue weighted by atomic mass is 10.2. The van der Waals surface area contributed by atoms with Crippen LogP contribution >= 0.6 is 12.2 Å². The zero-order chi connectivity index (χ0) is 18.4. The monoisotopic (exact) mass is 362 g/mol. The van der Waals surface area contributed by atoms with Crippen LogP contribution < -0.4 is 29.6 Å². The van der Waals surface area contributed by atoms with Gasteiger partial charge in [-0.05, 0) is 36.8 Å². The van der Waals surface area contributed by atoms with Crippen molar-refractivity contribution in [2.45, 2.75) is 6.92 Å². The van der Waals surface area contributed by atoms with Gasteiger partial charge in [0.15, 0.2) is 16.6 Å². The Kier molecular flexibility index (Phi) is 6.30. The Bertz CT molecular complexity index is 740. The minimum Gasteiger partial charge on any atom is -0.495 e. The van der Waals surface area contributed by atoms with E-state index in [1.54, 1.807) is 40.6 Å². The van der Waals surface area contributed by atoms with Crippen LogP contribution in [0.25, 0.3) is 0 Å². The Balaban J connectivity index is 2.22. The van der Waals surface area contributed by atoms with Crippen LogP contribution in [-0.4, -0.2) is 33.6 Å². The quantitative estimate of drug-likeness (QED) is 0.757. The van der Waals surface area contributed by atoms with Gasteiger partial charge in [0, 0.05) is 17.8 Å². The molecule has 0 fully saturated rings. The summed E-state index contributed by atoms with van der Waals surface area (Å²) in [5.74, 6) is 2.31. The van der Waals surface area contributed by atoms with Crippen LogP contribution in [0.4, 0.5) is 11.4 Å². The van der Waals surface area contributed by atoms with Crippen molar-refractivity contribution in [2.24, 2.45) is 0 Å². The predicted molar refractivity (Wildman–Crippen MR) is 104 cm³/mol. The molecule has 134 valence electrons. The Morgan fingerprint density at radius 1 is 0.800 bits per heavy atom. The fraction of sp³-hybridized carbons (Fsp3) is 0.278. The highest BCUT2D eigenvalue weighted by Gasteiger charge is 2.14. The number of ether oxygens (including phenoxy) is 4. The highest BCUT2D eigenvalue weighted by Crippen LogP contribution is 2.40. The smallest absolute Gasteiger partial charge is 0.203 e. The molecule has 0 unspecified atom stereocenters. The Morgan fingerprint density at radius 2 is 1.40 bits per heavy atom. The number of rotatable bonds is 6. The van der Waals surface area contributed by atoms with Crippen LogP contribution in [0, 0.1) is 6.92 Å². The van der Waals surface area contributed by atoms with Crippen molar-refractivity contribution in [1.29, 1.82) is 0 Å². The molecule has 2 aromatic carbocycles. The highest BCUT2D eigenvalue weighted by molar-refractivity contribution is 7.80. The maximum atomic E-state index is 5.40. The number of nitrogens with one attached hydrogen (secondary N) is 2. The zero-order valence-electron chi connectivity index (χ0n) is 14.9. The van der Waals surface area contributed by atoms with E-state index in [-0.39, 0.29) is 0 Å². The summed E-state index contributed by atoms with van der Waals surface area (Å²) in [6.07, 6.45) is 0. The first-order valence-corrected chi connectivity index (χ1v) is 7.95. The summed E-state index contributed by atoms with van der Waals surface area (Å²) in [6, 6.07) is 9.38. The third kappa shape index (κ3) is 4.45. The van der Waals surface area contributed by atoms with Crippen LogP contribution in [0.2, 0.25) is 0 Å².